The third-order valence-corrected chi connectivity index (χ3v) is 5.78. The highest BCUT2D eigenvalue weighted by Crippen LogP contribution is 2.32. The number of hydrogen-bond donors (Lipinski definition) is 1. The minimum absolute atomic E-state index is 0.0728. The largest absolute Gasteiger partial charge is 0.335 e. The first-order chi connectivity index (χ1) is 11.0. The van der Waals surface area contributed by atoms with E-state index in [4.69, 9.17) is 17.3 Å². The summed E-state index contributed by atoms with van der Waals surface area (Å²) in [6.45, 7) is 5.35. The van der Waals surface area contributed by atoms with Crippen molar-refractivity contribution in [1.29, 1.82) is 0 Å². The number of likely N-dealkylation sites (tertiary alicyclic amines) is 1. The van der Waals surface area contributed by atoms with Crippen LogP contribution in [0.2, 0.25) is 5.02 Å². The van der Waals surface area contributed by atoms with E-state index in [1.807, 2.05) is 36.1 Å². The van der Waals surface area contributed by atoms with Crippen molar-refractivity contribution in [3.05, 3.63) is 39.9 Å². The first-order valence-electron chi connectivity index (χ1n) is 7.74. The van der Waals surface area contributed by atoms with Crippen molar-refractivity contribution in [2.75, 3.05) is 13.1 Å². The number of rotatable bonds is 3. The van der Waals surface area contributed by atoms with Gasteiger partial charge in [-0.2, -0.15) is 0 Å². The second-order valence-corrected chi connectivity index (χ2v) is 7.52. The predicted octanol–water partition coefficient (Wildman–Crippen LogP) is 3.58. The van der Waals surface area contributed by atoms with Gasteiger partial charge in [0.25, 0.3) is 5.91 Å². The van der Waals surface area contributed by atoms with Crippen molar-refractivity contribution in [1.82, 2.24) is 9.88 Å². The first-order valence-corrected chi connectivity index (χ1v) is 8.93. The van der Waals surface area contributed by atoms with Crippen molar-refractivity contribution in [2.24, 2.45) is 11.7 Å². The van der Waals surface area contributed by atoms with Crippen LogP contribution < -0.4 is 5.73 Å². The molecule has 0 saturated carbocycles. The van der Waals surface area contributed by atoms with Gasteiger partial charge in [0.1, 0.15) is 9.88 Å². The standard InChI is InChI=1S/C17H20ClN3OS/c1-10-7-12(8-19)9-21(10)17(22)15-11(2)20-16(23-15)13-3-5-14(18)6-4-13/h3-6,10,12H,7-9,19H2,1-2H3. The van der Waals surface area contributed by atoms with Crippen molar-refractivity contribution < 1.29 is 4.79 Å². The molecule has 1 aromatic carbocycles. The minimum Gasteiger partial charge on any atom is -0.335 e. The maximum atomic E-state index is 12.9. The number of aryl methyl sites for hydroxylation is 1. The Morgan fingerprint density at radius 3 is 2.74 bits per heavy atom. The highest BCUT2D eigenvalue weighted by Gasteiger charge is 2.33. The second kappa shape index (κ2) is 6.59. The molecule has 2 atom stereocenters. The molecule has 1 fully saturated rings. The number of carbonyl (C=O) groups excluding carboxylic acids is 1. The summed E-state index contributed by atoms with van der Waals surface area (Å²) < 4.78 is 0. The number of carbonyl (C=O) groups is 1. The lowest BCUT2D eigenvalue weighted by Crippen LogP contribution is -2.34. The van der Waals surface area contributed by atoms with Crippen LogP contribution in [0.5, 0.6) is 0 Å². The number of nitrogens with zero attached hydrogens (tertiary/aromatic N) is 2. The number of amides is 1. The molecule has 1 amide bonds. The van der Waals surface area contributed by atoms with Crippen LogP contribution in [0.15, 0.2) is 24.3 Å². The zero-order chi connectivity index (χ0) is 16.6. The Kier molecular flexibility index (Phi) is 4.71. The number of aromatic nitrogens is 1. The Labute approximate surface area is 145 Å². The lowest BCUT2D eigenvalue weighted by molar-refractivity contribution is 0.0747. The summed E-state index contributed by atoms with van der Waals surface area (Å²) >= 11 is 7.38. The topological polar surface area (TPSA) is 59.2 Å². The molecule has 23 heavy (non-hydrogen) atoms. The summed E-state index contributed by atoms with van der Waals surface area (Å²) in [5.41, 5.74) is 7.53. The van der Waals surface area contributed by atoms with E-state index < -0.39 is 0 Å². The summed E-state index contributed by atoms with van der Waals surface area (Å²) in [4.78, 5) is 20.1. The maximum absolute atomic E-state index is 12.9. The first kappa shape index (κ1) is 16.4. The molecule has 6 heteroatoms. The second-order valence-electron chi connectivity index (χ2n) is 6.08. The molecule has 1 aliphatic heterocycles. The monoisotopic (exact) mass is 349 g/mol. The fourth-order valence-electron chi connectivity index (χ4n) is 3.04. The molecule has 0 radical (unpaired) electrons. The normalized spacial score (nSPS) is 21.0. The molecule has 0 spiro atoms. The SMILES string of the molecule is Cc1nc(-c2ccc(Cl)cc2)sc1C(=O)N1CC(CN)CC1C. The average Bonchev–Trinajstić information content (AvgIpc) is 3.10. The van der Waals surface area contributed by atoms with Gasteiger partial charge >= 0.3 is 0 Å². The van der Waals surface area contributed by atoms with Crippen LogP contribution in [0.3, 0.4) is 0 Å². The number of hydrogen-bond acceptors (Lipinski definition) is 4. The quantitative estimate of drug-likeness (QED) is 0.921. The molecule has 1 aliphatic rings. The Hall–Kier alpha value is -1.43. The van der Waals surface area contributed by atoms with Gasteiger partial charge in [0.05, 0.1) is 5.69 Å². The summed E-state index contributed by atoms with van der Waals surface area (Å²) in [7, 11) is 0. The molecule has 1 aromatic heterocycles. The van der Waals surface area contributed by atoms with Gasteiger partial charge in [0, 0.05) is 23.2 Å². The van der Waals surface area contributed by atoms with Gasteiger partial charge in [0.15, 0.2) is 0 Å². The van der Waals surface area contributed by atoms with Gasteiger partial charge in [-0.25, -0.2) is 4.98 Å². The molecule has 2 aromatic rings. The lowest BCUT2D eigenvalue weighted by Gasteiger charge is -2.20. The van der Waals surface area contributed by atoms with Gasteiger partial charge < -0.3 is 10.6 Å². The number of halogens is 1. The molecule has 0 aliphatic carbocycles. The summed E-state index contributed by atoms with van der Waals surface area (Å²) in [6, 6.07) is 7.76. The van der Waals surface area contributed by atoms with Crippen LogP contribution in [-0.4, -0.2) is 34.9 Å². The zero-order valence-corrected chi connectivity index (χ0v) is 14.8. The zero-order valence-electron chi connectivity index (χ0n) is 13.3. The molecule has 122 valence electrons. The molecular formula is C17H20ClN3OS. The summed E-state index contributed by atoms with van der Waals surface area (Å²) in [5, 5.41) is 1.54. The van der Waals surface area contributed by atoms with Crippen molar-refractivity contribution >= 4 is 28.8 Å². The van der Waals surface area contributed by atoms with Crippen LogP contribution in [0.25, 0.3) is 10.6 Å². The molecule has 2 heterocycles. The van der Waals surface area contributed by atoms with E-state index in [0.717, 1.165) is 34.1 Å². The number of benzene rings is 1. The van der Waals surface area contributed by atoms with Crippen molar-refractivity contribution in [3.8, 4) is 10.6 Å². The molecule has 2 N–H and O–H groups in total. The van der Waals surface area contributed by atoms with Crippen LogP contribution in [0, 0.1) is 12.8 Å². The highest BCUT2D eigenvalue weighted by molar-refractivity contribution is 7.17. The fraction of sp³-hybridized carbons (Fsp3) is 0.412. The van der Waals surface area contributed by atoms with Crippen molar-refractivity contribution in [3.63, 3.8) is 0 Å². The summed E-state index contributed by atoms with van der Waals surface area (Å²) in [5.74, 6) is 0.474. The van der Waals surface area contributed by atoms with Gasteiger partial charge in [-0.05, 0) is 44.9 Å². The van der Waals surface area contributed by atoms with E-state index in [-0.39, 0.29) is 11.9 Å². The van der Waals surface area contributed by atoms with Gasteiger partial charge in [-0.1, -0.05) is 23.7 Å². The number of nitrogens with two attached hydrogens (primary N) is 1. The third kappa shape index (κ3) is 3.27. The van der Waals surface area contributed by atoms with Gasteiger partial charge in [0.2, 0.25) is 0 Å². The highest BCUT2D eigenvalue weighted by atomic mass is 35.5. The van der Waals surface area contributed by atoms with Gasteiger partial charge in [-0.3, -0.25) is 4.79 Å². The Bertz CT molecular complexity index is 713. The average molecular weight is 350 g/mol. The molecule has 3 rings (SSSR count). The molecule has 1 saturated heterocycles. The van der Waals surface area contributed by atoms with Gasteiger partial charge in [-0.15, -0.1) is 11.3 Å². The Morgan fingerprint density at radius 2 is 2.13 bits per heavy atom. The Morgan fingerprint density at radius 1 is 1.43 bits per heavy atom. The van der Waals surface area contributed by atoms with E-state index in [1.165, 1.54) is 11.3 Å². The van der Waals surface area contributed by atoms with E-state index in [2.05, 4.69) is 11.9 Å². The molecule has 4 nitrogen and oxygen atoms in total. The smallest absolute Gasteiger partial charge is 0.266 e. The number of thiazole rings is 1. The predicted molar refractivity (Wildman–Crippen MR) is 95.0 cm³/mol. The van der Waals surface area contributed by atoms with Crippen LogP contribution in [0.4, 0.5) is 0 Å². The van der Waals surface area contributed by atoms with E-state index >= 15 is 0 Å². The van der Waals surface area contributed by atoms with E-state index in [1.54, 1.807) is 0 Å². The van der Waals surface area contributed by atoms with Crippen molar-refractivity contribution in [2.45, 2.75) is 26.3 Å². The third-order valence-electron chi connectivity index (χ3n) is 4.34. The van der Waals surface area contributed by atoms with Crippen LogP contribution in [-0.2, 0) is 0 Å². The minimum atomic E-state index is 0.0728. The molecule has 0 bridgehead atoms. The van der Waals surface area contributed by atoms with Crippen LogP contribution >= 0.6 is 22.9 Å². The lowest BCUT2D eigenvalue weighted by atomic mass is 10.1. The van der Waals surface area contributed by atoms with E-state index in [0.29, 0.717) is 17.5 Å². The molecule has 2 unspecified atom stereocenters. The molecular weight excluding hydrogens is 330 g/mol. The fourth-order valence-corrected chi connectivity index (χ4v) is 4.19. The summed E-state index contributed by atoms with van der Waals surface area (Å²) in [6.07, 6.45) is 0.976. The van der Waals surface area contributed by atoms with Crippen LogP contribution in [0.1, 0.15) is 28.7 Å². The Balaban J connectivity index is 1.86. The maximum Gasteiger partial charge on any atom is 0.266 e. The van der Waals surface area contributed by atoms with E-state index in [9.17, 15) is 4.79 Å².